The molecule has 3 aromatic rings. The maximum absolute atomic E-state index is 12.7. The van der Waals surface area contributed by atoms with Gasteiger partial charge in [-0.3, -0.25) is 24.6 Å². The topological polar surface area (TPSA) is 103 Å². The highest BCUT2D eigenvalue weighted by atomic mass is 32.1. The van der Waals surface area contributed by atoms with Crippen LogP contribution in [0.15, 0.2) is 47.8 Å². The molecule has 4 rings (SSSR count). The molecule has 1 aliphatic heterocycles. The second-order valence-electron chi connectivity index (χ2n) is 6.00. The second-order valence-corrected chi connectivity index (χ2v) is 6.86. The van der Waals surface area contributed by atoms with E-state index in [1.54, 1.807) is 12.5 Å². The van der Waals surface area contributed by atoms with Gasteiger partial charge in [-0.25, -0.2) is 4.98 Å². The molecule has 0 fully saturated rings. The normalized spacial score (nSPS) is 13.0. The molecule has 0 unspecified atom stereocenters. The fourth-order valence-corrected chi connectivity index (χ4v) is 3.94. The molecular weight excluding hydrogens is 382 g/mol. The summed E-state index contributed by atoms with van der Waals surface area (Å²) < 4.78 is 5.34. The van der Waals surface area contributed by atoms with Gasteiger partial charge in [0.2, 0.25) is 0 Å². The lowest BCUT2D eigenvalue weighted by molar-refractivity contribution is -0.385. The van der Waals surface area contributed by atoms with Crippen LogP contribution in [0.5, 0.6) is 5.75 Å². The molecule has 2 heterocycles. The van der Waals surface area contributed by atoms with Crippen LogP contribution in [-0.4, -0.2) is 33.7 Å². The summed E-state index contributed by atoms with van der Waals surface area (Å²) in [4.78, 5) is 41.3. The number of fused-ring (bicyclic) bond motifs is 1. The van der Waals surface area contributed by atoms with Crippen molar-refractivity contribution in [1.29, 1.82) is 0 Å². The van der Waals surface area contributed by atoms with Crippen LogP contribution in [0.4, 0.5) is 5.69 Å². The van der Waals surface area contributed by atoms with Gasteiger partial charge in [-0.1, -0.05) is 18.2 Å². The molecule has 0 spiro atoms. The molecule has 0 N–H and O–H groups in total. The molecule has 28 heavy (non-hydrogen) atoms. The van der Waals surface area contributed by atoms with Gasteiger partial charge >= 0.3 is 0 Å². The van der Waals surface area contributed by atoms with Crippen LogP contribution in [-0.2, 0) is 6.54 Å². The number of benzene rings is 2. The number of carbonyl (C=O) groups excluding carboxylic acids is 2. The van der Waals surface area contributed by atoms with Crippen molar-refractivity contribution < 1.29 is 19.2 Å². The number of nitro benzene ring substituents is 1. The number of hydrogen-bond acceptors (Lipinski definition) is 7. The summed E-state index contributed by atoms with van der Waals surface area (Å²) in [5.41, 5.74) is 0.825. The van der Waals surface area contributed by atoms with E-state index in [1.807, 2.05) is 24.3 Å². The van der Waals surface area contributed by atoms with Crippen molar-refractivity contribution in [2.24, 2.45) is 0 Å². The van der Waals surface area contributed by atoms with Crippen molar-refractivity contribution in [2.75, 3.05) is 7.11 Å². The first kappa shape index (κ1) is 17.8. The Morgan fingerprint density at radius 3 is 2.61 bits per heavy atom. The molecule has 0 saturated heterocycles. The Morgan fingerprint density at radius 2 is 1.86 bits per heavy atom. The fraction of sp³-hybridized carbons (Fsp3) is 0.105. The van der Waals surface area contributed by atoms with Crippen LogP contribution in [0.2, 0.25) is 0 Å². The maximum atomic E-state index is 12.7. The fourth-order valence-electron chi connectivity index (χ4n) is 3.10. The van der Waals surface area contributed by atoms with Crippen molar-refractivity contribution >= 4 is 28.8 Å². The first-order chi connectivity index (χ1) is 13.5. The van der Waals surface area contributed by atoms with Gasteiger partial charge in [0, 0.05) is 11.4 Å². The molecule has 140 valence electrons. The van der Waals surface area contributed by atoms with E-state index in [9.17, 15) is 19.7 Å². The zero-order valence-electron chi connectivity index (χ0n) is 14.6. The number of carbonyl (C=O) groups is 2. The van der Waals surface area contributed by atoms with E-state index < -0.39 is 16.7 Å². The van der Waals surface area contributed by atoms with Crippen LogP contribution in [0.25, 0.3) is 10.6 Å². The monoisotopic (exact) mass is 395 g/mol. The van der Waals surface area contributed by atoms with E-state index in [0.717, 1.165) is 10.5 Å². The van der Waals surface area contributed by atoms with Gasteiger partial charge in [-0.15, -0.1) is 11.3 Å². The molecule has 0 bridgehead atoms. The number of ether oxygens (including phenoxy) is 1. The van der Waals surface area contributed by atoms with Gasteiger partial charge in [0.15, 0.2) is 0 Å². The zero-order chi connectivity index (χ0) is 19.8. The molecule has 0 radical (unpaired) electrons. The molecule has 2 aromatic carbocycles. The molecule has 1 aliphatic rings. The van der Waals surface area contributed by atoms with Gasteiger partial charge in [0.25, 0.3) is 17.5 Å². The highest BCUT2D eigenvalue weighted by Gasteiger charge is 2.41. The molecule has 0 aliphatic carbocycles. The minimum atomic E-state index is -0.681. The number of nitro groups is 1. The number of hydrogen-bond donors (Lipinski definition) is 0. The highest BCUT2D eigenvalue weighted by molar-refractivity contribution is 7.13. The first-order valence-corrected chi connectivity index (χ1v) is 9.10. The van der Waals surface area contributed by atoms with Crippen LogP contribution in [0, 0.1) is 10.1 Å². The van der Waals surface area contributed by atoms with Crippen LogP contribution < -0.4 is 4.74 Å². The van der Waals surface area contributed by atoms with Crippen molar-refractivity contribution in [3.05, 3.63) is 74.8 Å². The van der Waals surface area contributed by atoms with E-state index >= 15 is 0 Å². The lowest BCUT2D eigenvalue weighted by atomic mass is 10.1. The summed E-state index contributed by atoms with van der Waals surface area (Å²) in [5.74, 6) is -0.575. The van der Waals surface area contributed by atoms with Gasteiger partial charge < -0.3 is 4.74 Å². The third-order valence-electron chi connectivity index (χ3n) is 4.38. The summed E-state index contributed by atoms with van der Waals surface area (Å²) >= 11 is 1.36. The minimum Gasteiger partial charge on any atom is -0.496 e. The Bertz CT molecular complexity index is 1120. The Morgan fingerprint density at radius 1 is 1.11 bits per heavy atom. The number of rotatable bonds is 5. The number of imide groups is 1. The predicted molar refractivity (Wildman–Crippen MR) is 101 cm³/mol. The van der Waals surface area contributed by atoms with Crippen LogP contribution >= 0.6 is 11.3 Å². The number of aromatic nitrogens is 1. The molecule has 1 aromatic heterocycles. The van der Waals surface area contributed by atoms with E-state index in [2.05, 4.69) is 4.98 Å². The van der Waals surface area contributed by atoms with E-state index in [-0.39, 0.29) is 23.4 Å². The minimum absolute atomic E-state index is 0.0411. The smallest absolute Gasteiger partial charge is 0.282 e. The second kappa shape index (κ2) is 6.86. The molecule has 9 heteroatoms. The van der Waals surface area contributed by atoms with Crippen molar-refractivity contribution in [2.45, 2.75) is 6.54 Å². The number of methoxy groups -OCH3 is 1. The standard InChI is InChI=1S/C19H13N3O5S/c1-27-15-8-3-2-5-12(15)17-20-11(10-28-17)9-21-18(23)13-6-4-7-14(22(25)26)16(13)19(21)24/h2-8,10H,9H2,1H3. The van der Waals surface area contributed by atoms with Crippen LogP contribution in [0.1, 0.15) is 26.4 Å². The Labute approximate surface area is 163 Å². The quantitative estimate of drug-likeness (QED) is 0.372. The SMILES string of the molecule is COc1ccccc1-c1nc(CN2C(=O)c3cccc([N+](=O)[O-])c3C2=O)cs1. The largest absolute Gasteiger partial charge is 0.496 e. The Kier molecular flexibility index (Phi) is 4.36. The summed E-state index contributed by atoms with van der Waals surface area (Å²) in [6.45, 7) is -0.0604. The number of nitrogens with zero attached hydrogens (tertiary/aromatic N) is 3. The molecule has 2 amide bonds. The summed E-state index contributed by atoms with van der Waals surface area (Å²) in [5, 5.41) is 13.6. The van der Waals surface area contributed by atoms with Crippen molar-refractivity contribution in [3.63, 3.8) is 0 Å². The van der Waals surface area contributed by atoms with Gasteiger partial charge in [0.05, 0.1) is 35.4 Å². The molecule has 0 atom stereocenters. The lowest BCUT2D eigenvalue weighted by Gasteiger charge is -2.11. The van der Waals surface area contributed by atoms with E-state index in [0.29, 0.717) is 16.5 Å². The van der Waals surface area contributed by atoms with Crippen LogP contribution in [0.3, 0.4) is 0 Å². The zero-order valence-corrected chi connectivity index (χ0v) is 15.4. The van der Waals surface area contributed by atoms with Gasteiger partial charge in [-0.05, 0) is 18.2 Å². The average molecular weight is 395 g/mol. The molecular formula is C19H13N3O5S. The van der Waals surface area contributed by atoms with E-state index in [4.69, 9.17) is 4.74 Å². The number of para-hydroxylation sites is 1. The first-order valence-electron chi connectivity index (χ1n) is 8.22. The summed E-state index contributed by atoms with van der Waals surface area (Å²) in [7, 11) is 1.57. The summed E-state index contributed by atoms with van der Waals surface area (Å²) in [6, 6.07) is 11.4. The van der Waals surface area contributed by atoms with Crippen molar-refractivity contribution in [1.82, 2.24) is 9.88 Å². The Balaban J connectivity index is 1.64. The van der Waals surface area contributed by atoms with Gasteiger partial charge in [0.1, 0.15) is 16.3 Å². The van der Waals surface area contributed by atoms with Crippen molar-refractivity contribution in [3.8, 4) is 16.3 Å². The maximum Gasteiger partial charge on any atom is 0.282 e. The highest BCUT2D eigenvalue weighted by Crippen LogP contribution is 2.34. The van der Waals surface area contributed by atoms with Gasteiger partial charge in [-0.2, -0.15) is 0 Å². The lowest BCUT2D eigenvalue weighted by Crippen LogP contribution is -2.29. The molecule has 8 nitrogen and oxygen atoms in total. The van der Waals surface area contributed by atoms with E-state index in [1.165, 1.54) is 29.5 Å². The molecule has 0 saturated carbocycles. The average Bonchev–Trinajstić information content (AvgIpc) is 3.27. The number of amides is 2. The summed E-state index contributed by atoms with van der Waals surface area (Å²) in [6.07, 6.45) is 0. The number of thiazole rings is 1. The predicted octanol–water partition coefficient (Wildman–Crippen LogP) is 3.52. The third kappa shape index (κ3) is 2.81. The Hall–Kier alpha value is -3.59. The third-order valence-corrected chi connectivity index (χ3v) is 5.31.